The monoisotopic (exact) mass is 504 g/mol. The molecule has 0 radical (unpaired) electrons. The fraction of sp³-hybridized carbons (Fsp3) is 0.379. The topological polar surface area (TPSA) is 76.7 Å². The van der Waals surface area contributed by atoms with Crippen LogP contribution in [0.1, 0.15) is 69.5 Å². The molecule has 0 bridgehead atoms. The molecule has 1 unspecified atom stereocenters. The lowest BCUT2D eigenvalue weighted by atomic mass is 9.80. The number of thiophene rings is 1. The zero-order chi connectivity index (χ0) is 24.9. The molecule has 2 heterocycles. The van der Waals surface area contributed by atoms with Gasteiger partial charge in [-0.25, -0.2) is 4.79 Å². The summed E-state index contributed by atoms with van der Waals surface area (Å²) < 4.78 is 10.8. The van der Waals surface area contributed by atoms with Crippen molar-refractivity contribution in [1.29, 1.82) is 0 Å². The molecule has 5 rings (SSSR count). The van der Waals surface area contributed by atoms with E-state index in [9.17, 15) is 9.59 Å². The third-order valence-electron chi connectivity index (χ3n) is 7.05. The summed E-state index contributed by atoms with van der Waals surface area (Å²) in [5.74, 6) is -0.392. The molecule has 2 aliphatic rings. The molecule has 1 fully saturated rings. The smallest absolute Gasteiger partial charge is 0.341 e. The maximum Gasteiger partial charge on any atom is 0.341 e. The minimum atomic E-state index is -0.376. The first-order chi connectivity index (χ1) is 17.6. The van der Waals surface area contributed by atoms with Crippen LogP contribution in [0.4, 0.5) is 10.7 Å². The number of carbonyl (C=O) groups is 2. The number of benzene rings is 2. The van der Waals surface area contributed by atoms with Gasteiger partial charge in [-0.15, -0.1) is 11.3 Å². The highest BCUT2D eigenvalue weighted by atomic mass is 32.1. The van der Waals surface area contributed by atoms with E-state index in [4.69, 9.17) is 9.47 Å². The molecular formula is C29H32N2O4S. The molecule has 188 valence electrons. The van der Waals surface area contributed by atoms with Gasteiger partial charge in [0.05, 0.1) is 12.2 Å². The standard InChI is InChI=1S/C29H32N2O4S/c1-2-35-29(33)26-25(22-8-7-19-5-3-4-6-21(19)17-22)18-36-28(26)31-27(32)20-9-11-23(12-10-20)30-24-13-15-34-16-14-24/h3-6,9-12,18,22,24,30H,2,7-8,13-17H2,1H3,(H,31,32). The van der Waals surface area contributed by atoms with Crippen LogP contribution in [0.3, 0.4) is 0 Å². The Kier molecular flexibility index (Phi) is 7.68. The number of carbonyl (C=O) groups excluding carboxylic acids is 2. The fourth-order valence-electron chi connectivity index (χ4n) is 5.11. The Balaban J connectivity index is 1.32. The van der Waals surface area contributed by atoms with Gasteiger partial charge in [-0.05, 0) is 91.3 Å². The largest absolute Gasteiger partial charge is 0.462 e. The molecule has 2 aromatic carbocycles. The van der Waals surface area contributed by atoms with E-state index in [0.717, 1.165) is 56.6 Å². The second-order valence-electron chi connectivity index (χ2n) is 9.39. The summed E-state index contributed by atoms with van der Waals surface area (Å²) in [6, 6.07) is 16.4. The molecule has 36 heavy (non-hydrogen) atoms. The number of ether oxygens (including phenoxy) is 2. The van der Waals surface area contributed by atoms with Crippen LogP contribution in [0.15, 0.2) is 53.9 Å². The van der Waals surface area contributed by atoms with Gasteiger partial charge < -0.3 is 20.1 Å². The highest BCUT2D eigenvalue weighted by molar-refractivity contribution is 7.15. The number of nitrogens with one attached hydrogen (secondary N) is 2. The van der Waals surface area contributed by atoms with Gasteiger partial charge in [0.25, 0.3) is 5.91 Å². The molecule has 1 aliphatic heterocycles. The predicted molar refractivity (Wildman–Crippen MR) is 143 cm³/mol. The number of rotatable bonds is 7. The number of hydrogen-bond donors (Lipinski definition) is 2. The summed E-state index contributed by atoms with van der Waals surface area (Å²) >= 11 is 1.40. The molecule has 1 aromatic heterocycles. The normalized spacial score (nSPS) is 17.8. The number of aryl methyl sites for hydroxylation is 1. The van der Waals surface area contributed by atoms with Crippen molar-refractivity contribution in [2.75, 3.05) is 30.5 Å². The average Bonchev–Trinajstić information content (AvgIpc) is 3.33. The van der Waals surface area contributed by atoms with Gasteiger partial charge in [-0.3, -0.25) is 4.79 Å². The summed E-state index contributed by atoms with van der Waals surface area (Å²) in [6.07, 6.45) is 4.79. The molecule has 0 spiro atoms. The molecule has 0 saturated carbocycles. The van der Waals surface area contributed by atoms with E-state index in [1.807, 2.05) is 29.6 Å². The number of hydrogen-bond acceptors (Lipinski definition) is 6. The van der Waals surface area contributed by atoms with Crippen molar-refractivity contribution in [3.8, 4) is 0 Å². The Morgan fingerprint density at radius 1 is 1.03 bits per heavy atom. The first kappa shape index (κ1) is 24.5. The minimum Gasteiger partial charge on any atom is -0.462 e. The van der Waals surface area contributed by atoms with Crippen molar-refractivity contribution in [2.24, 2.45) is 0 Å². The van der Waals surface area contributed by atoms with Crippen LogP contribution < -0.4 is 10.6 Å². The van der Waals surface area contributed by atoms with Crippen molar-refractivity contribution in [2.45, 2.75) is 51.0 Å². The average molecular weight is 505 g/mol. The second kappa shape index (κ2) is 11.3. The van der Waals surface area contributed by atoms with Gasteiger partial charge in [-0.2, -0.15) is 0 Å². The maximum absolute atomic E-state index is 13.1. The van der Waals surface area contributed by atoms with Crippen LogP contribution >= 0.6 is 11.3 Å². The van der Waals surface area contributed by atoms with E-state index in [-0.39, 0.29) is 24.4 Å². The van der Waals surface area contributed by atoms with Crippen LogP contribution in [-0.2, 0) is 22.3 Å². The lowest BCUT2D eigenvalue weighted by molar-refractivity contribution is 0.0526. The predicted octanol–water partition coefficient (Wildman–Crippen LogP) is 6.04. The highest BCUT2D eigenvalue weighted by Gasteiger charge is 2.29. The van der Waals surface area contributed by atoms with Crippen LogP contribution in [0.5, 0.6) is 0 Å². The molecule has 1 saturated heterocycles. The molecule has 7 heteroatoms. The van der Waals surface area contributed by atoms with E-state index >= 15 is 0 Å². The molecule has 6 nitrogen and oxygen atoms in total. The Hall–Kier alpha value is -3.16. The van der Waals surface area contributed by atoms with E-state index in [0.29, 0.717) is 22.2 Å². The zero-order valence-electron chi connectivity index (χ0n) is 20.5. The number of esters is 1. The summed E-state index contributed by atoms with van der Waals surface area (Å²) in [4.78, 5) is 26.1. The second-order valence-corrected chi connectivity index (χ2v) is 10.3. The first-order valence-corrected chi connectivity index (χ1v) is 13.6. The lowest BCUT2D eigenvalue weighted by Gasteiger charge is -2.25. The summed E-state index contributed by atoms with van der Waals surface area (Å²) in [7, 11) is 0. The summed E-state index contributed by atoms with van der Waals surface area (Å²) in [5, 5.41) is 9.07. The molecule has 1 atom stereocenters. The van der Waals surface area contributed by atoms with Crippen molar-refractivity contribution >= 4 is 33.9 Å². The third-order valence-corrected chi connectivity index (χ3v) is 7.97. The van der Waals surface area contributed by atoms with Gasteiger partial charge in [0.2, 0.25) is 0 Å². The Labute approximate surface area is 216 Å². The quantitative estimate of drug-likeness (QED) is 0.384. The maximum atomic E-state index is 13.1. The van der Waals surface area contributed by atoms with Crippen LogP contribution in [-0.4, -0.2) is 37.7 Å². The van der Waals surface area contributed by atoms with Crippen LogP contribution in [0, 0.1) is 0 Å². The van der Waals surface area contributed by atoms with E-state index in [1.54, 1.807) is 6.92 Å². The zero-order valence-corrected chi connectivity index (χ0v) is 21.4. The van der Waals surface area contributed by atoms with Gasteiger partial charge in [0.1, 0.15) is 5.00 Å². The fourth-order valence-corrected chi connectivity index (χ4v) is 6.14. The van der Waals surface area contributed by atoms with E-state index in [1.165, 1.54) is 22.5 Å². The van der Waals surface area contributed by atoms with Gasteiger partial charge in [0, 0.05) is 30.5 Å². The van der Waals surface area contributed by atoms with Crippen molar-refractivity contribution in [1.82, 2.24) is 0 Å². The van der Waals surface area contributed by atoms with Crippen molar-refractivity contribution in [3.63, 3.8) is 0 Å². The third kappa shape index (κ3) is 5.47. The molecule has 1 aliphatic carbocycles. The number of anilines is 2. The van der Waals surface area contributed by atoms with E-state index in [2.05, 4.69) is 34.9 Å². The van der Waals surface area contributed by atoms with Crippen molar-refractivity contribution < 1.29 is 19.1 Å². The summed E-state index contributed by atoms with van der Waals surface area (Å²) in [5.41, 5.74) is 5.71. The summed E-state index contributed by atoms with van der Waals surface area (Å²) in [6.45, 7) is 3.64. The van der Waals surface area contributed by atoms with Gasteiger partial charge >= 0.3 is 5.97 Å². The minimum absolute atomic E-state index is 0.219. The van der Waals surface area contributed by atoms with Crippen molar-refractivity contribution in [3.05, 3.63) is 81.7 Å². The van der Waals surface area contributed by atoms with Gasteiger partial charge in [-0.1, -0.05) is 24.3 Å². The molecule has 2 N–H and O–H groups in total. The molecular weight excluding hydrogens is 472 g/mol. The van der Waals surface area contributed by atoms with E-state index < -0.39 is 0 Å². The Morgan fingerprint density at radius 3 is 2.53 bits per heavy atom. The number of fused-ring (bicyclic) bond motifs is 1. The first-order valence-electron chi connectivity index (χ1n) is 12.7. The Bertz CT molecular complexity index is 1210. The lowest BCUT2D eigenvalue weighted by Crippen LogP contribution is -2.27. The van der Waals surface area contributed by atoms with Gasteiger partial charge in [0.15, 0.2) is 0 Å². The molecule has 1 amide bonds. The number of amides is 1. The Morgan fingerprint density at radius 2 is 1.78 bits per heavy atom. The SMILES string of the molecule is CCOC(=O)c1c(C2CCc3ccccc3C2)csc1NC(=O)c1ccc(NC2CCOCC2)cc1. The highest BCUT2D eigenvalue weighted by Crippen LogP contribution is 2.40. The van der Waals surface area contributed by atoms with Crippen LogP contribution in [0.2, 0.25) is 0 Å². The molecule has 3 aromatic rings. The van der Waals surface area contributed by atoms with Crippen LogP contribution in [0.25, 0.3) is 0 Å².